The number of hydrogen-bond acceptors (Lipinski definition) is 3. The molecule has 21 heavy (non-hydrogen) atoms. The van der Waals surface area contributed by atoms with Crippen molar-refractivity contribution in [3.05, 3.63) is 35.9 Å². The molecular weight excluding hydrogens is 262 g/mol. The molecule has 3 rings (SSSR count). The average Bonchev–Trinajstić information content (AvgIpc) is 3.13. The number of carbonyl (C=O) groups excluding carboxylic acids is 1. The highest BCUT2D eigenvalue weighted by molar-refractivity contribution is 5.78. The molecule has 2 fully saturated rings. The van der Waals surface area contributed by atoms with Gasteiger partial charge in [-0.15, -0.1) is 0 Å². The molecule has 1 saturated carbocycles. The van der Waals surface area contributed by atoms with Gasteiger partial charge in [0.15, 0.2) is 0 Å². The summed E-state index contributed by atoms with van der Waals surface area (Å²) in [5.74, 6) is 0.382. The first-order valence-electron chi connectivity index (χ1n) is 8.18. The lowest BCUT2D eigenvalue weighted by molar-refractivity contribution is -0.151. The molecule has 1 saturated heterocycles. The van der Waals surface area contributed by atoms with E-state index >= 15 is 0 Å². The van der Waals surface area contributed by atoms with Crippen molar-refractivity contribution in [2.75, 3.05) is 20.1 Å². The standard InChI is InChI=1S/C18H25NO2/c1-19-12-11-16(13-19)21-18(20)17(15-9-5-6-10-15)14-7-3-2-4-8-14/h2-4,7-8,15-17H,5-6,9-13H2,1H3. The fourth-order valence-electron chi connectivity index (χ4n) is 3.78. The SMILES string of the molecule is CN1CCC(OC(=O)C(c2ccccc2)C2CCCC2)C1. The summed E-state index contributed by atoms with van der Waals surface area (Å²) >= 11 is 0. The molecule has 1 aliphatic heterocycles. The zero-order chi connectivity index (χ0) is 14.7. The molecule has 0 aromatic heterocycles. The van der Waals surface area contributed by atoms with Crippen LogP contribution in [0.1, 0.15) is 43.6 Å². The van der Waals surface area contributed by atoms with Gasteiger partial charge in [-0.1, -0.05) is 43.2 Å². The molecule has 1 heterocycles. The third kappa shape index (κ3) is 3.46. The Morgan fingerprint density at radius 1 is 1.19 bits per heavy atom. The van der Waals surface area contributed by atoms with Gasteiger partial charge >= 0.3 is 5.97 Å². The van der Waals surface area contributed by atoms with E-state index in [2.05, 4.69) is 24.1 Å². The van der Waals surface area contributed by atoms with E-state index in [0.29, 0.717) is 5.92 Å². The third-order valence-corrected chi connectivity index (χ3v) is 4.91. The fraction of sp³-hybridized carbons (Fsp3) is 0.611. The molecule has 0 radical (unpaired) electrons. The Labute approximate surface area is 127 Å². The highest BCUT2D eigenvalue weighted by Gasteiger charge is 2.35. The van der Waals surface area contributed by atoms with Crippen LogP contribution < -0.4 is 0 Å². The number of hydrogen-bond donors (Lipinski definition) is 0. The van der Waals surface area contributed by atoms with E-state index in [4.69, 9.17) is 4.74 Å². The van der Waals surface area contributed by atoms with Gasteiger partial charge in [0, 0.05) is 13.1 Å². The molecule has 0 bridgehead atoms. The molecule has 2 unspecified atom stereocenters. The van der Waals surface area contributed by atoms with E-state index in [0.717, 1.165) is 37.9 Å². The van der Waals surface area contributed by atoms with E-state index in [1.165, 1.54) is 12.8 Å². The first kappa shape index (κ1) is 14.6. The Morgan fingerprint density at radius 3 is 2.52 bits per heavy atom. The third-order valence-electron chi connectivity index (χ3n) is 4.91. The van der Waals surface area contributed by atoms with Gasteiger partial charge in [0.25, 0.3) is 0 Å². The van der Waals surface area contributed by atoms with Crippen LogP contribution >= 0.6 is 0 Å². The minimum absolute atomic E-state index is 0.00611. The van der Waals surface area contributed by atoms with Crippen LogP contribution in [0, 0.1) is 5.92 Å². The van der Waals surface area contributed by atoms with Crippen molar-refractivity contribution in [1.29, 1.82) is 0 Å². The molecule has 3 nitrogen and oxygen atoms in total. The summed E-state index contributed by atoms with van der Waals surface area (Å²) in [7, 11) is 2.08. The highest BCUT2D eigenvalue weighted by atomic mass is 16.5. The summed E-state index contributed by atoms with van der Waals surface area (Å²) in [6.07, 6.45) is 5.84. The molecule has 0 spiro atoms. The van der Waals surface area contributed by atoms with E-state index in [1.54, 1.807) is 0 Å². The number of likely N-dealkylation sites (N-methyl/N-ethyl adjacent to an activating group) is 1. The number of carbonyl (C=O) groups is 1. The van der Waals surface area contributed by atoms with Crippen LogP contribution in [0.2, 0.25) is 0 Å². The maximum absolute atomic E-state index is 12.8. The lowest BCUT2D eigenvalue weighted by atomic mass is 9.85. The lowest BCUT2D eigenvalue weighted by Gasteiger charge is -2.24. The predicted molar refractivity (Wildman–Crippen MR) is 83.1 cm³/mol. The quantitative estimate of drug-likeness (QED) is 0.796. The summed E-state index contributed by atoms with van der Waals surface area (Å²) in [5.41, 5.74) is 1.13. The van der Waals surface area contributed by atoms with Crippen molar-refractivity contribution in [3.63, 3.8) is 0 Å². The molecule has 1 aliphatic carbocycles. The Kier molecular flexibility index (Phi) is 4.59. The second-order valence-electron chi connectivity index (χ2n) is 6.54. The largest absolute Gasteiger partial charge is 0.460 e. The summed E-state index contributed by atoms with van der Waals surface area (Å²) in [5, 5.41) is 0. The van der Waals surface area contributed by atoms with Crippen molar-refractivity contribution in [2.24, 2.45) is 5.92 Å². The van der Waals surface area contributed by atoms with Crippen LogP contribution in [-0.4, -0.2) is 37.1 Å². The Balaban J connectivity index is 1.73. The normalized spacial score (nSPS) is 25.1. The number of ether oxygens (including phenoxy) is 1. The zero-order valence-corrected chi connectivity index (χ0v) is 12.8. The van der Waals surface area contributed by atoms with Crippen molar-refractivity contribution in [1.82, 2.24) is 4.90 Å². The van der Waals surface area contributed by atoms with E-state index in [1.807, 2.05) is 18.2 Å². The Bertz CT molecular complexity index is 467. The number of likely N-dealkylation sites (tertiary alicyclic amines) is 1. The number of rotatable bonds is 4. The molecule has 114 valence electrons. The van der Waals surface area contributed by atoms with Crippen molar-refractivity contribution in [2.45, 2.75) is 44.1 Å². The minimum Gasteiger partial charge on any atom is -0.460 e. The van der Waals surface area contributed by atoms with E-state index in [-0.39, 0.29) is 18.0 Å². The molecular formula is C18H25NO2. The van der Waals surface area contributed by atoms with Crippen molar-refractivity contribution in [3.8, 4) is 0 Å². The predicted octanol–water partition coefficient (Wildman–Crippen LogP) is 3.21. The molecule has 1 aromatic carbocycles. The summed E-state index contributed by atoms with van der Waals surface area (Å²) < 4.78 is 5.83. The van der Waals surface area contributed by atoms with Gasteiger partial charge in [0.1, 0.15) is 6.10 Å². The van der Waals surface area contributed by atoms with Crippen LogP contribution in [-0.2, 0) is 9.53 Å². The van der Waals surface area contributed by atoms with Crippen molar-refractivity contribution < 1.29 is 9.53 Å². The van der Waals surface area contributed by atoms with Crippen LogP contribution in [0.25, 0.3) is 0 Å². The zero-order valence-electron chi connectivity index (χ0n) is 12.8. The van der Waals surface area contributed by atoms with Crippen LogP contribution in [0.15, 0.2) is 30.3 Å². The van der Waals surface area contributed by atoms with Gasteiger partial charge in [0.2, 0.25) is 0 Å². The molecule has 1 aromatic rings. The average molecular weight is 287 g/mol. The van der Waals surface area contributed by atoms with Crippen LogP contribution in [0.3, 0.4) is 0 Å². The summed E-state index contributed by atoms with van der Waals surface area (Å²) in [6, 6.07) is 10.2. The van der Waals surface area contributed by atoms with Crippen LogP contribution in [0.4, 0.5) is 0 Å². The molecule has 2 aliphatic rings. The van der Waals surface area contributed by atoms with Gasteiger partial charge in [-0.2, -0.15) is 0 Å². The lowest BCUT2D eigenvalue weighted by Crippen LogP contribution is -2.28. The highest BCUT2D eigenvalue weighted by Crippen LogP contribution is 2.38. The number of nitrogens with zero attached hydrogens (tertiary/aromatic N) is 1. The van der Waals surface area contributed by atoms with E-state index in [9.17, 15) is 4.79 Å². The van der Waals surface area contributed by atoms with Gasteiger partial charge < -0.3 is 9.64 Å². The van der Waals surface area contributed by atoms with Gasteiger partial charge in [-0.05, 0) is 37.8 Å². The summed E-state index contributed by atoms with van der Waals surface area (Å²) in [6.45, 7) is 1.90. The molecule has 2 atom stereocenters. The van der Waals surface area contributed by atoms with Crippen LogP contribution in [0.5, 0.6) is 0 Å². The van der Waals surface area contributed by atoms with Gasteiger partial charge in [-0.3, -0.25) is 4.79 Å². The smallest absolute Gasteiger partial charge is 0.314 e. The summed E-state index contributed by atoms with van der Waals surface area (Å²) in [4.78, 5) is 15.0. The minimum atomic E-state index is -0.0698. The second kappa shape index (κ2) is 6.61. The number of esters is 1. The monoisotopic (exact) mass is 287 g/mol. The topological polar surface area (TPSA) is 29.5 Å². The second-order valence-corrected chi connectivity index (χ2v) is 6.54. The molecule has 0 amide bonds. The Hall–Kier alpha value is -1.35. The van der Waals surface area contributed by atoms with Crippen molar-refractivity contribution >= 4 is 5.97 Å². The first-order valence-corrected chi connectivity index (χ1v) is 8.18. The Morgan fingerprint density at radius 2 is 1.90 bits per heavy atom. The molecule has 3 heteroatoms. The maximum atomic E-state index is 12.8. The van der Waals surface area contributed by atoms with E-state index < -0.39 is 0 Å². The first-order chi connectivity index (χ1) is 10.2. The molecule has 0 N–H and O–H groups in total. The fourth-order valence-corrected chi connectivity index (χ4v) is 3.78. The van der Waals surface area contributed by atoms with Gasteiger partial charge in [0.05, 0.1) is 5.92 Å². The maximum Gasteiger partial charge on any atom is 0.314 e. The van der Waals surface area contributed by atoms with Gasteiger partial charge in [-0.25, -0.2) is 0 Å². The number of benzene rings is 1.